The van der Waals surface area contributed by atoms with Crippen LogP contribution in [-0.2, 0) is 5.41 Å². The summed E-state index contributed by atoms with van der Waals surface area (Å²) >= 11 is 0. The van der Waals surface area contributed by atoms with Gasteiger partial charge in [-0.15, -0.1) is 0 Å². The average Bonchev–Trinajstić information content (AvgIpc) is 3.06. The molecule has 0 amide bonds. The van der Waals surface area contributed by atoms with Crippen molar-refractivity contribution in [2.75, 3.05) is 32.0 Å². The van der Waals surface area contributed by atoms with Crippen molar-refractivity contribution in [3.8, 4) is 17.0 Å². The summed E-state index contributed by atoms with van der Waals surface area (Å²) in [5.41, 5.74) is 10.7. The fraction of sp³-hybridized carbons (Fsp3) is 0.519. The van der Waals surface area contributed by atoms with Gasteiger partial charge in [-0.25, -0.2) is 4.98 Å². The van der Waals surface area contributed by atoms with Crippen LogP contribution in [0.5, 0.6) is 5.75 Å². The molecule has 2 aromatic heterocycles. The Labute approximate surface area is 193 Å². The Balaban J connectivity index is 2.01. The summed E-state index contributed by atoms with van der Waals surface area (Å²) in [6.45, 7) is 19.3. The quantitative estimate of drug-likeness (QED) is 0.446. The highest BCUT2D eigenvalue weighted by atomic mass is 16.5. The Morgan fingerprint density at radius 3 is 2.31 bits per heavy atom. The maximum Gasteiger partial charge on any atom is 0.139 e. The number of para-hydroxylation sites is 1. The Hall–Kier alpha value is -2.53. The van der Waals surface area contributed by atoms with Crippen LogP contribution in [0.2, 0.25) is 0 Å². The van der Waals surface area contributed by atoms with Gasteiger partial charge in [-0.3, -0.25) is 4.40 Å². The van der Waals surface area contributed by atoms with E-state index in [1.807, 2.05) is 30.3 Å². The van der Waals surface area contributed by atoms with Gasteiger partial charge in [-0.2, -0.15) is 0 Å². The molecule has 0 atom stereocenters. The van der Waals surface area contributed by atoms with Crippen molar-refractivity contribution in [1.82, 2.24) is 14.3 Å². The Bertz CT molecular complexity index is 1040. The SMILES string of the molecule is CCN(CC)CCOc1ccccc1-c1nc2cccc(C(C)(C)CC(C)(C)C)n2c1N. The fourth-order valence-corrected chi connectivity index (χ4v) is 4.87. The number of pyridine rings is 1. The number of ether oxygens (including phenoxy) is 1. The van der Waals surface area contributed by atoms with Gasteiger partial charge < -0.3 is 15.4 Å². The molecule has 32 heavy (non-hydrogen) atoms. The summed E-state index contributed by atoms with van der Waals surface area (Å²) < 4.78 is 8.31. The van der Waals surface area contributed by atoms with Gasteiger partial charge >= 0.3 is 0 Å². The first kappa shape index (κ1) is 24.1. The maximum atomic E-state index is 6.76. The molecule has 0 aliphatic heterocycles. The number of anilines is 1. The number of hydrogen-bond donors (Lipinski definition) is 1. The second kappa shape index (κ2) is 9.53. The number of rotatable bonds is 9. The molecule has 0 aliphatic rings. The number of benzene rings is 1. The summed E-state index contributed by atoms with van der Waals surface area (Å²) in [4.78, 5) is 7.29. The van der Waals surface area contributed by atoms with E-state index in [1.165, 1.54) is 5.69 Å². The first-order valence-corrected chi connectivity index (χ1v) is 11.8. The normalized spacial score (nSPS) is 12.6. The van der Waals surface area contributed by atoms with Crippen molar-refractivity contribution >= 4 is 11.5 Å². The van der Waals surface area contributed by atoms with Gasteiger partial charge in [0, 0.05) is 23.2 Å². The van der Waals surface area contributed by atoms with Crippen LogP contribution in [0.15, 0.2) is 42.5 Å². The standard InChI is InChI=1S/C27H40N4O/c1-8-30(9-2)17-18-32-21-14-11-10-13-20(21)24-25(28)31-22(15-12-16-23(31)29-24)27(6,7)19-26(3,4)5/h10-16H,8-9,17-19,28H2,1-7H3. The average molecular weight is 437 g/mol. The van der Waals surface area contributed by atoms with E-state index < -0.39 is 0 Å². The van der Waals surface area contributed by atoms with Crippen LogP contribution in [0, 0.1) is 5.41 Å². The first-order valence-electron chi connectivity index (χ1n) is 11.8. The third kappa shape index (κ3) is 5.26. The van der Waals surface area contributed by atoms with Gasteiger partial charge in [0.1, 0.15) is 29.5 Å². The molecule has 2 N–H and O–H groups in total. The lowest BCUT2D eigenvalue weighted by Gasteiger charge is -2.33. The monoisotopic (exact) mass is 436 g/mol. The predicted octanol–water partition coefficient (Wildman–Crippen LogP) is 6.02. The number of likely N-dealkylation sites (N-methyl/N-ethyl adjacent to an activating group) is 1. The fourth-order valence-electron chi connectivity index (χ4n) is 4.87. The molecule has 0 spiro atoms. The highest BCUT2D eigenvalue weighted by molar-refractivity contribution is 5.79. The van der Waals surface area contributed by atoms with Gasteiger partial charge in [-0.05, 0) is 49.2 Å². The maximum absolute atomic E-state index is 6.76. The van der Waals surface area contributed by atoms with Crippen LogP contribution >= 0.6 is 0 Å². The van der Waals surface area contributed by atoms with Crippen molar-refractivity contribution in [2.45, 2.75) is 60.3 Å². The summed E-state index contributed by atoms with van der Waals surface area (Å²) in [5.74, 6) is 1.49. The van der Waals surface area contributed by atoms with Gasteiger partial charge in [0.25, 0.3) is 0 Å². The number of nitrogen functional groups attached to an aromatic ring is 1. The third-order valence-corrected chi connectivity index (χ3v) is 6.05. The molecule has 2 heterocycles. The van der Waals surface area contributed by atoms with E-state index in [2.05, 4.69) is 69.9 Å². The largest absolute Gasteiger partial charge is 0.492 e. The molecule has 0 unspecified atom stereocenters. The minimum Gasteiger partial charge on any atom is -0.492 e. The molecule has 1 aromatic carbocycles. The number of hydrogen-bond acceptors (Lipinski definition) is 4. The Morgan fingerprint density at radius 1 is 0.969 bits per heavy atom. The molecule has 3 rings (SSSR count). The van der Waals surface area contributed by atoms with Gasteiger partial charge in [0.2, 0.25) is 0 Å². The molecular weight excluding hydrogens is 396 g/mol. The molecule has 0 saturated heterocycles. The molecule has 0 bridgehead atoms. The smallest absolute Gasteiger partial charge is 0.139 e. The topological polar surface area (TPSA) is 55.8 Å². The molecule has 5 nitrogen and oxygen atoms in total. The van der Waals surface area contributed by atoms with Gasteiger partial charge in [-0.1, -0.05) is 66.7 Å². The highest BCUT2D eigenvalue weighted by Crippen LogP contribution is 2.39. The van der Waals surface area contributed by atoms with E-state index in [1.54, 1.807) is 0 Å². The van der Waals surface area contributed by atoms with E-state index >= 15 is 0 Å². The van der Waals surface area contributed by atoms with Gasteiger partial charge in [0.15, 0.2) is 0 Å². The number of nitrogens with two attached hydrogens (primary N) is 1. The van der Waals surface area contributed by atoms with Crippen molar-refractivity contribution in [2.24, 2.45) is 5.41 Å². The second-order valence-electron chi connectivity index (χ2n) is 10.4. The molecule has 0 radical (unpaired) electrons. The van der Waals surface area contributed by atoms with E-state index in [4.69, 9.17) is 15.5 Å². The lowest BCUT2D eigenvalue weighted by atomic mass is 9.74. The van der Waals surface area contributed by atoms with Crippen molar-refractivity contribution in [3.05, 3.63) is 48.2 Å². The lowest BCUT2D eigenvalue weighted by Crippen LogP contribution is -2.28. The van der Waals surface area contributed by atoms with Crippen LogP contribution in [-0.4, -0.2) is 40.5 Å². The Kier molecular flexibility index (Phi) is 7.19. The minimum absolute atomic E-state index is 0.0520. The van der Waals surface area contributed by atoms with E-state index in [-0.39, 0.29) is 10.8 Å². The molecule has 5 heteroatoms. The van der Waals surface area contributed by atoms with Crippen LogP contribution in [0.1, 0.15) is 60.6 Å². The zero-order chi connectivity index (χ0) is 23.5. The van der Waals surface area contributed by atoms with Crippen LogP contribution < -0.4 is 10.5 Å². The number of imidazole rings is 1. The molecule has 174 valence electrons. The van der Waals surface area contributed by atoms with E-state index in [0.29, 0.717) is 12.4 Å². The number of fused-ring (bicyclic) bond motifs is 1. The lowest BCUT2D eigenvalue weighted by molar-refractivity contribution is 0.223. The summed E-state index contributed by atoms with van der Waals surface area (Å²) in [5, 5.41) is 0. The summed E-state index contributed by atoms with van der Waals surface area (Å²) in [6, 6.07) is 14.3. The van der Waals surface area contributed by atoms with Gasteiger partial charge in [0.05, 0.1) is 0 Å². The first-order chi connectivity index (χ1) is 15.1. The minimum atomic E-state index is -0.0520. The van der Waals surface area contributed by atoms with Crippen molar-refractivity contribution in [3.63, 3.8) is 0 Å². The van der Waals surface area contributed by atoms with E-state index in [0.717, 1.165) is 48.7 Å². The Morgan fingerprint density at radius 2 is 1.66 bits per heavy atom. The zero-order valence-electron chi connectivity index (χ0n) is 20.9. The number of nitrogens with zero attached hydrogens (tertiary/aromatic N) is 3. The molecular formula is C27H40N4O. The molecule has 0 saturated carbocycles. The van der Waals surface area contributed by atoms with Crippen LogP contribution in [0.4, 0.5) is 5.82 Å². The molecule has 3 aromatic rings. The van der Waals surface area contributed by atoms with E-state index in [9.17, 15) is 0 Å². The summed E-state index contributed by atoms with van der Waals surface area (Å²) in [6.07, 6.45) is 1.04. The van der Waals surface area contributed by atoms with Crippen LogP contribution in [0.25, 0.3) is 16.9 Å². The summed E-state index contributed by atoms with van der Waals surface area (Å²) in [7, 11) is 0. The number of aromatic nitrogens is 2. The van der Waals surface area contributed by atoms with Crippen molar-refractivity contribution < 1.29 is 4.74 Å². The van der Waals surface area contributed by atoms with Crippen molar-refractivity contribution in [1.29, 1.82) is 0 Å². The van der Waals surface area contributed by atoms with Crippen LogP contribution in [0.3, 0.4) is 0 Å². The second-order valence-corrected chi connectivity index (χ2v) is 10.4. The third-order valence-electron chi connectivity index (χ3n) is 6.05. The zero-order valence-corrected chi connectivity index (χ0v) is 20.9. The predicted molar refractivity (Wildman–Crippen MR) is 135 cm³/mol. The molecule has 0 aliphatic carbocycles. The molecule has 0 fully saturated rings. The highest BCUT2D eigenvalue weighted by Gasteiger charge is 2.30.